The van der Waals surface area contributed by atoms with Crippen LogP contribution in [0.15, 0.2) is 14.1 Å². The van der Waals surface area contributed by atoms with Crippen LogP contribution in [0.2, 0.25) is 5.02 Å². The van der Waals surface area contributed by atoms with E-state index in [9.17, 15) is 8.42 Å². The van der Waals surface area contributed by atoms with Gasteiger partial charge in [-0.25, -0.2) is 13.1 Å². The van der Waals surface area contributed by atoms with E-state index in [1.807, 2.05) is 13.8 Å². The van der Waals surface area contributed by atoms with Crippen molar-refractivity contribution in [2.24, 2.45) is 5.92 Å². The Morgan fingerprint density at radius 1 is 1.56 bits per heavy atom. The van der Waals surface area contributed by atoms with Crippen LogP contribution >= 0.6 is 38.9 Å². The van der Waals surface area contributed by atoms with Gasteiger partial charge in [-0.1, -0.05) is 25.4 Å². The van der Waals surface area contributed by atoms with E-state index in [2.05, 4.69) is 20.7 Å². The highest BCUT2D eigenvalue weighted by Gasteiger charge is 2.24. The van der Waals surface area contributed by atoms with Gasteiger partial charge >= 0.3 is 0 Å². The Balaban J connectivity index is 2.93. The lowest BCUT2D eigenvalue weighted by molar-refractivity contribution is 0.157. The molecule has 0 aliphatic carbocycles. The van der Waals surface area contributed by atoms with Gasteiger partial charge in [0.05, 0.1) is 15.4 Å². The number of nitrogens with one attached hydrogen (secondary N) is 1. The topological polar surface area (TPSA) is 55.4 Å². The monoisotopic (exact) mass is 375 g/mol. The predicted octanol–water partition coefficient (Wildman–Crippen LogP) is 3.11. The molecule has 1 aromatic heterocycles. The summed E-state index contributed by atoms with van der Waals surface area (Å²) in [6.07, 6.45) is 0. The molecule has 104 valence electrons. The number of rotatable bonds is 6. The van der Waals surface area contributed by atoms with Gasteiger partial charge in [-0.2, -0.15) is 0 Å². The first-order valence-electron chi connectivity index (χ1n) is 5.24. The molecule has 1 aromatic rings. The lowest BCUT2D eigenvalue weighted by atomic mass is 10.1. The van der Waals surface area contributed by atoms with Crippen molar-refractivity contribution in [2.45, 2.75) is 24.1 Å². The van der Waals surface area contributed by atoms with Gasteiger partial charge in [0.1, 0.15) is 4.21 Å². The molecule has 1 atom stereocenters. The molecular formula is C10H15BrClNO3S2. The molecule has 8 heteroatoms. The lowest BCUT2D eigenvalue weighted by Gasteiger charge is -2.20. The largest absolute Gasteiger partial charge is 0.383 e. The Morgan fingerprint density at radius 2 is 2.17 bits per heavy atom. The van der Waals surface area contributed by atoms with E-state index < -0.39 is 10.0 Å². The minimum atomic E-state index is -3.55. The van der Waals surface area contributed by atoms with E-state index in [1.165, 1.54) is 6.07 Å². The number of ether oxygens (including phenoxy) is 1. The van der Waals surface area contributed by atoms with Crippen molar-refractivity contribution in [3.05, 3.63) is 14.9 Å². The van der Waals surface area contributed by atoms with Gasteiger partial charge in [0.15, 0.2) is 0 Å². The molecule has 1 N–H and O–H groups in total. The third kappa shape index (κ3) is 4.18. The van der Waals surface area contributed by atoms with Gasteiger partial charge in [-0.15, -0.1) is 11.3 Å². The van der Waals surface area contributed by atoms with Gasteiger partial charge in [0, 0.05) is 13.2 Å². The summed E-state index contributed by atoms with van der Waals surface area (Å²) < 4.78 is 32.8. The summed E-state index contributed by atoms with van der Waals surface area (Å²) in [4.78, 5) is 0. The van der Waals surface area contributed by atoms with Crippen LogP contribution in [0.4, 0.5) is 0 Å². The van der Waals surface area contributed by atoms with Crippen molar-refractivity contribution in [3.63, 3.8) is 0 Å². The average molecular weight is 377 g/mol. The van der Waals surface area contributed by atoms with Crippen molar-refractivity contribution in [1.82, 2.24) is 4.72 Å². The van der Waals surface area contributed by atoms with Crippen molar-refractivity contribution in [3.8, 4) is 0 Å². The van der Waals surface area contributed by atoms with Crippen molar-refractivity contribution < 1.29 is 13.2 Å². The van der Waals surface area contributed by atoms with E-state index in [4.69, 9.17) is 16.3 Å². The number of methoxy groups -OCH3 is 1. The third-order valence-electron chi connectivity index (χ3n) is 2.34. The summed E-state index contributed by atoms with van der Waals surface area (Å²) in [7, 11) is -2.01. The van der Waals surface area contributed by atoms with Crippen LogP contribution in [0.1, 0.15) is 13.8 Å². The summed E-state index contributed by atoms with van der Waals surface area (Å²) in [6.45, 7) is 4.20. The molecule has 1 rings (SSSR count). The molecule has 0 radical (unpaired) electrons. The molecule has 0 aliphatic rings. The van der Waals surface area contributed by atoms with Crippen LogP contribution in [0, 0.1) is 5.92 Å². The molecule has 1 unspecified atom stereocenters. The van der Waals surface area contributed by atoms with Crippen molar-refractivity contribution >= 4 is 48.9 Å². The molecule has 0 spiro atoms. The lowest BCUT2D eigenvalue weighted by Crippen LogP contribution is -2.41. The summed E-state index contributed by atoms with van der Waals surface area (Å²) in [5.74, 6) is 0.138. The van der Waals surface area contributed by atoms with Crippen molar-refractivity contribution in [2.75, 3.05) is 13.7 Å². The van der Waals surface area contributed by atoms with E-state index >= 15 is 0 Å². The highest BCUT2D eigenvalue weighted by atomic mass is 79.9. The van der Waals surface area contributed by atoms with Crippen LogP contribution in [0.3, 0.4) is 0 Å². The number of hydrogen-bond acceptors (Lipinski definition) is 4. The molecular weight excluding hydrogens is 362 g/mol. The molecule has 0 saturated carbocycles. The predicted molar refractivity (Wildman–Crippen MR) is 77.9 cm³/mol. The molecule has 0 fully saturated rings. The van der Waals surface area contributed by atoms with Gasteiger partial charge in [-0.05, 0) is 27.9 Å². The molecule has 4 nitrogen and oxygen atoms in total. The number of hydrogen-bond donors (Lipinski definition) is 1. The minimum Gasteiger partial charge on any atom is -0.383 e. The van der Waals surface area contributed by atoms with Gasteiger partial charge in [0.2, 0.25) is 10.0 Å². The van der Waals surface area contributed by atoms with Crippen LogP contribution in [0.25, 0.3) is 0 Å². The zero-order chi connectivity index (χ0) is 13.9. The van der Waals surface area contributed by atoms with Crippen LogP contribution in [-0.2, 0) is 14.8 Å². The standard InChI is InChI=1S/C10H15BrClNO3S2/c1-6(2)8(5-16-3)13-18(14,15)9-4-7(12)10(11)17-9/h4,6,8,13H,5H2,1-3H3. The first-order chi connectivity index (χ1) is 8.27. The van der Waals surface area contributed by atoms with Crippen molar-refractivity contribution in [1.29, 1.82) is 0 Å². The summed E-state index contributed by atoms with van der Waals surface area (Å²) in [6, 6.07) is 1.17. The quantitative estimate of drug-likeness (QED) is 0.830. The minimum absolute atomic E-state index is 0.138. The fourth-order valence-electron chi connectivity index (χ4n) is 1.26. The van der Waals surface area contributed by atoms with Gasteiger partial charge in [-0.3, -0.25) is 0 Å². The Kier molecular flexibility index (Phi) is 6.08. The van der Waals surface area contributed by atoms with Crippen LogP contribution in [-0.4, -0.2) is 28.2 Å². The van der Waals surface area contributed by atoms with E-state index in [-0.39, 0.29) is 16.2 Å². The summed E-state index contributed by atoms with van der Waals surface area (Å²) in [5, 5.41) is 0.396. The maximum absolute atomic E-state index is 12.2. The van der Waals surface area contributed by atoms with Gasteiger partial charge < -0.3 is 4.74 Å². The second-order valence-electron chi connectivity index (χ2n) is 4.11. The average Bonchev–Trinajstić information content (AvgIpc) is 2.59. The maximum Gasteiger partial charge on any atom is 0.250 e. The smallest absolute Gasteiger partial charge is 0.250 e. The Hall–Kier alpha value is 0.340. The molecule has 0 bridgehead atoms. The first-order valence-corrected chi connectivity index (χ1v) is 8.71. The third-order valence-corrected chi connectivity index (χ3v) is 6.78. The normalized spacial score (nSPS) is 14.1. The van der Waals surface area contributed by atoms with E-state index in [1.54, 1.807) is 7.11 Å². The SMILES string of the molecule is COCC(NS(=O)(=O)c1cc(Cl)c(Br)s1)C(C)C. The van der Waals surface area contributed by atoms with Gasteiger partial charge in [0.25, 0.3) is 0 Å². The number of thiophene rings is 1. The Morgan fingerprint density at radius 3 is 2.56 bits per heavy atom. The first kappa shape index (κ1) is 16.4. The van der Waals surface area contributed by atoms with E-state index in [0.717, 1.165) is 11.3 Å². The number of sulfonamides is 1. The highest BCUT2D eigenvalue weighted by molar-refractivity contribution is 9.11. The zero-order valence-electron chi connectivity index (χ0n) is 10.2. The fraction of sp³-hybridized carbons (Fsp3) is 0.600. The van der Waals surface area contributed by atoms with Crippen LogP contribution < -0.4 is 4.72 Å². The summed E-state index contributed by atoms with van der Waals surface area (Å²) >= 11 is 10.1. The maximum atomic E-state index is 12.2. The number of halogens is 2. The molecule has 0 aliphatic heterocycles. The molecule has 1 heterocycles. The Bertz CT molecular complexity index is 482. The fourth-order valence-corrected chi connectivity index (χ4v) is 5.04. The molecule has 0 amide bonds. The summed E-state index contributed by atoms with van der Waals surface area (Å²) in [5.41, 5.74) is 0. The zero-order valence-corrected chi connectivity index (χ0v) is 14.2. The highest BCUT2D eigenvalue weighted by Crippen LogP contribution is 2.34. The molecule has 18 heavy (non-hydrogen) atoms. The second kappa shape index (κ2) is 6.67. The van der Waals surface area contributed by atoms with E-state index in [0.29, 0.717) is 15.4 Å². The second-order valence-corrected chi connectivity index (χ2v) is 8.83. The molecule has 0 saturated heterocycles. The molecule has 0 aromatic carbocycles. The Labute approximate surface area is 125 Å². The van der Waals surface area contributed by atoms with Crippen LogP contribution in [0.5, 0.6) is 0 Å².